The number of aliphatic hydroxyl groups is 1. The third kappa shape index (κ3) is 2.99. The van der Waals surface area contributed by atoms with Gasteiger partial charge in [0.25, 0.3) is 5.69 Å². The van der Waals surface area contributed by atoms with Gasteiger partial charge < -0.3 is 15.6 Å². The molecule has 0 saturated carbocycles. The molecule has 6 heteroatoms. The standard InChI is InChI=1S/C13H12N2O4/c14-10-5-11(15(17)18)7-12(6-10)19-13-4-2-1-3-9(13)8-16/h1-7,16H,8,14H2. The van der Waals surface area contributed by atoms with E-state index in [-0.39, 0.29) is 23.7 Å². The van der Waals surface area contributed by atoms with Gasteiger partial charge in [0.2, 0.25) is 0 Å². The number of hydrogen-bond acceptors (Lipinski definition) is 5. The monoisotopic (exact) mass is 260 g/mol. The number of para-hydroxylation sites is 1. The van der Waals surface area contributed by atoms with Crippen LogP contribution in [0.3, 0.4) is 0 Å². The quantitative estimate of drug-likeness (QED) is 0.499. The summed E-state index contributed by atoms with van der Waals surface area (Å²) in [5, 5.41) is 19.9. The summed E-state index contributed by atoms with van der Waals surface area (Å²) in [4.78, 5) is 10.2. The molecule has 3 N–H and O–H groups in total. The topological polar surface area (TPSA) is 98.6 Å². The van der Waals surface area contributed by atoms with Crippen molar-refractivity contribution in [3.63, 3.8) is 0 Å². The van der Waals surface area contributed by atoms with Gasteiger partial charge in [-0.3, -0.25) is 10.1 Å². The molecule has 0 aliphatic carbocycles. The van der Waals surface area contributed by atoms with Crippen molar-refractivity contribution in [2.24, 2.45) is 0 Å². The number of benzene rings is 2. The number of nitrogen functional groups attached to an aromatic ring is 1. The molecule has 0 radical (unpaired) electrons. The van der Waals surface area contributed by atoms with Crippen LogP contribution in [-0.2, 0) is 6.61 Å². The molecule has 0 saturated heterocycles. The number of anilines is 1. The average Bonchev–Trinajstić information content (AvgIpc) is 2.38. The van der Waals surface area contributed by atoms with Crippen LogP contribution < -0.4 is 10.5 Å². The number of nitrogens with two attached hydrogens (primary N) is 1. The molecule has 0 aliphatic heterocycles. The Morgan fingerprint density at radius 2 is 2.00 bits per heavy atom. The van der Waals surface area contributed by atoms with Crippen molar-refractivity contribution in [1.82, 2.24) is 0 Å². The number of rotatable bonds is 4. The summed E-state index contributed by atoms with van der Waals surface area (Å²) in [5.41, 5.74) is 6.28. The van der Waals surface area contributed by atoms with E-state index in [0.717, 1.165) is 0 Å². The Morgan fingerprint density at radius 1 is 1.26 bits per heavy atom. The van der Waals surface area contributed by atoms with Crippen LogP contribution in [0.5, 0.6) is 11.5 Å². The van der Waals surface area contributed by atoms with Crippen LogP contribution in [0.25, 0.3) is 0 Å². The number of hydrogen-bond donors (Lipinski definition) is 2. The number of nitro benzene ring substituents is 1. The molecule has 2 aromatic carbocycles. The van der Waals surface area contributed by atoms with Crippen molar-refractivity contribution in [2.45, 2.75) is 6.61 Å². The Morgan fingerprint density at radius 3 is 2.68 bits per heavy atom. The molecule has 19 heavy (non-hydrogen) atoms. The fourth-order valence-electron chi connectivity index (χ4n) is 1.63. The highest BCUT2D eigenvalue weighted by molar-refractivity contribution is 5.54. The molecule has 2 aromatic rings. The number of nitro groups is 1. The molecule has 0 amide bonds. The van der Waals surface area contributed by atoms with Gasteiger partial charge in [-0.05, 0) is 6.07 Å². The normalized spacial score (nSPS) is 10.2. The average molecular weight is 260 g/mol. The fourth-order valence-corrected chi connectivity index (χ4v) is 1.63. The Bertz CT molecular complexity index is 613. The van der Waals surface area contributed by atoms with E-state index in [4.69, 9.17) is 10.5 Å². The largest absolute Gasteiger partial charge is 0.457 e. The van der Waals surface area contributed by atoms with Crippen LogP contribution in [0, 0.1) is 10.1 Å². The third-order valence-corrected chi connectivity index (χ3v) is 2.50. The molecule has 0 bridgehead atoms. The maximum atomic E-state index is 10.7. The summed E-state index contributed by atoms with van der Waals surface area (Å²) in [6, 6.07) is 10.9. The second-order valence-electron chi connectivity index (χ2n) is 3.89. The molecular formula is C13H12N2O4. The fraction of sp³-hybridized carbons (Fsp3) is 0.0769. The van der Waals surface area contributed by atoms with Gasteiger partial charge in [0.05, 0.1) is 17.6 Å². The summed E-state index contributed by atoms with van der Waals surface area (Å²) in [6.07, 6.45) is 0. The minimum Gasteiger partial charge on any atom is -0.457 e. The van der Waals surface area contributed by atoms with Gasteiger partial charge >= 0.3 is 0 Å². The molecule has 98 valence electrons. The Labute approximate surface area is 109 Å². The second kappa shape index (κ2) is 5.36. The Balaban J connectivity index is 2.35. The lowest BCUT2D eigenvalue weighted by Crippen LogP contribution is -1.95. The zero-order valence-electron chi connectivity index (χ0n) is 9.95. The number of ether oxygens (including phenoxy) is 1. The Hall–Kier alpha value is -2.60. The van der Waals surface area contributed by atoms with Gasteiger partial charge in [0, 0.05) is 23.4 Å². The number of nitrogens with zero attached hydrogens (tertiary/aromatic N) is 1. The van der Waals surface area contributed by atoms with E-state index in [1.54, 1.807) is 24.3 Å². The summed E-state index contributed by atoms with van der Waals surface area (Å²) >= 11 is 0. The first-order valence-corrected chi connectivity index (χ1v) is 5.51. The minimum atomic E-state index is -0.541. The van der Waals surface area contributed by atoms with Crippen LogP contribution >= 0.6 is 0 Å². The highest BCUT2D eigenvalue weighted by atomic mass is 16.6. The molecular weight excluding hydrogens is 248 g/mol. The minimum absolute atomic E-state index is 0.142. The lowest BCUT2D eigenvalue weighted by Gasteiger charge is -2.09. The molecule has 0 fully saturated rings. The number of non-ortho nitro benzene ring substituents is 1. The van der Waals surface area contributed by atoms with Crippen LogP contribution in [-0.4, -0.2) is 10.0 Å². The van der Waals surface area contributed by atoms with Crippen molar-refractivity contribution < 1.29 is 14.8 Å². The van der Waals surface area contributed by atoms with E-state index in [0.29, 0.717) is 11.3 Å². The van der Waals surface area contributed by atoms with Crippen molar-refractivity contribution in [3.05, 3.63) is 58.1 Å². The summed E-state index contributed by atoms with van der Waals surface area (Å²) in [5.74, 6) is 0.692. The number of aliphatic hydroxyl groups excluding tert-OH is 1. The first-order valence-electron chi connectivity index (χ1n) is 5.51. The Kier molecular flexibility index (Phi) is 3.63. The van der Waals surface area contributed by atoms with Crippen molar-refractivity contribution >= 4 is 11.4 Å². The van der Waals surface area contributed by atoms with E-state index in [1.807, 2.05) is 0 Å². The van der Waals surface area contributed by atoms with Gasteiger partial charge in [-0.15, -0.1) is 0 Å². The molecule has 2 rings (SSSR count). The zero-order valence-corrected chi connectivity index (χ0v) is 9.95. The van der Waals surface area contributed by atoms with Crippen LogP contribution in [0.1, 0.15) is 5.56 Å². The first kappa shape index (κ1) is 12.8. The summed E-state index contributed by atoms with van der Waals surface area (Å²) < 4.78 is 5.53. The lowest BCUT2D eigenvalue weighted by atomic mass is 10.2. The highest BCUT2D eigenvalue weighted by Gasteiger charge is 2.11. The highest BCUT2D eigenvalue weighted by Crippen LogP contribution is 2.30. The molecule has 0 atom stereocenters. The predicted octanol–water partition coefficient (Wildman–Crippen LogP) is 2.46. The zero-order chi connectivity index (χ0) is 13.8. The first-order chi connectivity index (χ1) is 9.10. The van der Waals surface area contributed by atoms with E-state index in [1.165, 1.54) is 18.2 Å². The molecule has 0 aromatic heterocycles. The van der Waals surface area contributed by atoms with Crippen LogP contribution in [0.15, 0.2) is 42.5 Å². The molecule has 0 heterocycles. The van der Waals surface area contributed by atoms with Gasteiger partial charge in [0.1, 0.15) is 11.5 Å². The van der Waals surface area contributed by atoms with Crippen LogP contribution in [0.2, 0.25) is 0 Å². The lowest BCUT2D eigenvalue weighted by molar-refractivity contribution is -0.384. The van der Waals surface area contributed by atoms with Crippen molar-refractivity contribution in [3.8, 4) is 11.5 Å². The third-order valence-electron chi connectivity index (χ3n) is 2.50. The summed E-state index contributed by atoms with van der Waals surface area (Å²) in [7, 11) is 0. The van der Waals surface area contributed by atoms with Gasteiger partial charge in [-0.1, -0.05) is 18.2 Å². The van der Waals surface area contributed by atoms with Gasteiger partial charge in [-0.25, -0.2) is 0 Å². The summed E-state index contributed by atoms with van der Waals surface area (Å²) in [6.45, 7) is -0.180. The van der Waals surface area contributed by atoms with Gasteiger partial charge in [-0.2, -0.15) is 0 Å². The molecule has 0 unspecified atom stereocenters. The molecule has 6 nitrogen and oxygen atoms in total. The second-order valence-corrected chi connectivity index (χ2v) is 3.89. The van der Waals surface area contributed by atoms with Crippen molar-refractivity contribution in [2.75, 3.05) is 5.73 Å². The van der Waals surface area contributed by atoms with Gasteiger partial charge in [0.15, 0.2) is 0 Å². The van der Waals surface area contributed by atoms with Crippen LogP contribution in [0.4, 0.5) is 11.4 Å². The van der Waals surface area contributed by atoms with E-state index in [9.17, 15) is 15.2 Å². The maximum Gasteiger partial charge on any atom is 0.275 e. The van der Waals surface area contributed by atoms with Crippen molar-refractivity contribution in [1.29, 1.82) is 0 Å². The smallest absolute Gasteiger partial charge is 0.275 e. The predicted molar refractivity (Wildman–Crippen MR) is 69.9 cm³/mol. The molecule has 0 spiro atoms. The maximum absolute atomic E-state index is 10.7. The van der Waals surface area contributed by atoms with E-state index >= 15 is 0 Å². The van der Waals surface area contributed by atoms with E-state index in [2.05, 4.69) is 0 Å². The van der Waals surface area contributed by atoms with E-state index < -0.39 is 4.92 Å². The SMILES string of the molecule is Nc1cc(Oc2ccccc2CO)cc([N+](=O)[O-])c1. The molecule has 0 aliphatic rings.